The molecule has 5 rings (SSSR count). The summed E-state index contributed by atoms with van der Waals surface area (Å²) < 4.78 is 13.8. The summed E-state index contributed by atoms with van der Waals surface area (Å²) in [7, 11) is 1.64. The Hall–Kier alpha value is -3.26. The number of nitrogens with one attached hydrogen (secondary N) is 1. The molecule has 1 N–H and O–H groups in total. The molecule has 2 aliphatic rings. The van der Waals surface area contributed by atoms with Gasteiger partial charge in [-0.05, 0) is 51.8 Å². The summed E-state index contributed by atoms with van der Waals surface area (Å²) >= 11 is 1.59. The molecule has 39 heavy (non-hydrogen) atoms. The number of allylic oxidation sites excluding steroid dienone is 2. The molecule has 1 aliphatic heterocycles. The van der Waals surface area contributed by atoms with Gasteiger partial charge in [0, 0.05) is 17.7 Å². The van der Waals surface area contributed by atoms with Crippen LogP contribution >= 0.6 is 11.8 Å². The van der Waals surface area contributed by atoms with Crippen molar-refractivity contribution in [1.29, 1.82) is 0 Å². The highest BCUT2D eigenvalue weighted by Gasteiger charge is 2.42. The Balaban J connectivity index is 1.47. The van der Waals surface area contributed by atoms with Gasteiger partial charge >= 0.3 is 0 Å². The Morgan fingerprint density at radius 1 is 1.10 bits per heavy atom. The van der Waals surface area contributed by atoms with Crippen molar-refractivity contribution in [3.05, 3.63) is 70.4 Å². The largest absolute Gasteiger partial charge is 0.493 e. The summed E-state index contributed by atoms with van der Waals surface area (Å²) in [4.78, 5) is 18.2. The maximum atomic E-state index is 13.5. The Kier molecular flexibility index (Phi) is 7.27. The first-order chi connectivity index (χ1) is 18.5. The lowest BCUT2D eigenvalue weighted by molar-refractivity contribution is -0.118. The van der Waals surface area contributed by atoms with E-state index < -0.39 is 0 Å². The van der Waals surface area contributed by atoms with Crippen molar-refractivity contribution in [2.24, 2.45) is 5.41 Å². The van der Waals surface area contributed by atoms with Crippen LogP contribution in [0.15, 0.2) is 58.9 Å². The highest BCUT2D eigenvalue weighted by Crippen LogP contribution is 2.46. The van der Waals surface area contributed by atoms with Crippen molar-refractivity contribution < 1.29 is 14.3 Å². The maximum absolute atomic E-state index is 13.5. The smallest absolute Gasteiger partial charge is 0.227 e. The van der Waals surface area contributed by atoms with Crippen LogP contribution in [0.3, 0.4) is 0 Å². The minimum atomic E-state index is -0.383. The van der Waals surface area contributed by atoms with Gasteiger partial charge in [-0.1, -0.05) is 83.6 Å². The van der Waals surface area contributed by atoms with Crippen molar-refractivity contribution in [2.75, 3.05) is 18.2 Å². The number of fused-ring (bicyclic) bond motifs is 1. The summed E-state index contributed by atoms with van der Waals surface area (Å²) in [5.41, 5.74) is 4.98. The molecular weight excluding hydrogens is 508 g/mol. The molecule has 7 nitrogen and oxygen atoms in total. The van der Waals surface area contributed by atoms with Gasteiger partial charge in [0.2, 0.25) is 11.1 Å². The zero-order chi connectivity index (χ0) is 27.9. The lowest BCUT2D eigenvalue weighted by atomic mass is 9.73. The van der Waals surface area contributed by atoms with E-state index in [2.05, 4.69) is 71.1 Å². The number of aromatic nitrogens is 3. The molecule has 0 saturated heterocycles. The van der Waals surface area contributed by atoms with Crippen molar-refractivity contribution >= 4 is 23.5 Å². The lowest BCUT2D eigenvalue weighted by Gasteiger charge is -2.38. The van der Waals surface area contributed by atoms with E-state index in [1.165, 1.54) is 5.56 Å². The van der Waals surface area contributed by atoms with Crippen LogP contribution in [-0.4, -0.2) is 33.4 Å². The highest BCUT2D eigenvalue weighted by molar-refractivity contribution is 7.99. The summed E-state index contributed by atoms with van der Waals surface area (Å²) in [5, 5.41) is 8.92. The van der Waals surface area contributed by atoms with E-state index in [4.69, 9.17) is 19.6 Å². The van der Waals surface area contributed by atoms with Gasteiger partial charge in [0.05, 0.1) is 7.11 Å². The predicted octanol–water partition coefficient (Wildman–Crippen LogP) is 6.93. The highest BCUT2D eigenvalue weighted by atomic mass is 32.2. The number of ether oxygens (including phenoxy) is 2. The summed E-state index contributed by atoms with van der Waals surface area (Å²) in [6, 6.07) is 14.0. The van der Waals surface area contributed by atoms with Crippen LogP contribution in [0.1, 0.15) is 77.1 Å². The molecule has 0 spiro atoms. The van der Waals surface area contributed by atoms with Gasteiger partial charge in [0.1, 0.15) is 12.6 Å². The number of anilines is 1. The van der Waals surface area contributed by atoms with Crippen LogP contribution < -0.4 is 14.8 Å². The molecule has 0 radical (unpaired) electrons. The molecule has 1 atom stereocenters. The van der Waals surface area contributed by atoms with Crippen molar-refractivity contribution in [1.82, 2.24) is 14.8 Å². The zero-order valence-electron chi connectivity index (χ0n) is 23.9. The monoisotopic (exact) mass is 546 g/mol. The number of hydrogen-bond acceptors (Lipinski definition) is 7. The van der Waals surface area contributed by atoms with Crippen LogP contribution in [0.5, 0.6) is 11.5 Å². The van der Waals surface area contributed by atoms with E-state index in [1.807, 2.05) is 22.9 Å². The number of carbonyl (C=O) groups is 1. The van der Waals surface area contributed by atoms with Gasteiger partial charge in [-0.2, -0.15) is 4.98 Å². The number of methoxy groups -OCH3 is 1. The summed E-state index contributed by atoms with van der Waals surface area (Å²) in [6.07, 6.45) is 1.27. The summed E-state index contributed by atoms with van der Waals surface area (Å²) in [5.74, 6) is 2.95. The van der Waals surface area contributed by atoms with E-state index in [1.54, 1.807) is 18.9 Å². The van der Waals surface area contributed by atoms with E-state index in [-0.39, 0.29) is 22.7 Å². The Morgan fingerprint density at radius 3 is 2.51 bits per heavy atom. The Morgan fingerprint density at radius 2 is 1.85 bits per heavy atom. The van der Waals surface area contributed by atoms with E-state index in [0.29, 0.717) is 35.6 Å². The van der Waals surface area contributed by atoms with Crippen molar-refractivity contribution in [2.45, 2.75) is 77.6 Å². The molecule has 0 amide bonds. The first-order valence-corrected chi connectivity index (χ1v) is 14.5. The molecule has 1 aliphatic carbocycles. The second-order valence-electron chi connectivity index (χ2n) is 12.1. The molecule has 206 valence electrons. The van der Waals surface area contributed by atoms with Gasteiger partial charge in [0.15, 0.2) is 17.3 Å². The molecule has 1 aromatic heterocycles. The number of hydrogen-bond donors (Lipinski definition) is 1. The molecule has 1 unspecified atom stereocenters. The van der Waals surface area contributed by atoms with Crippen LogP contribution in [0, 0.1) is 5.41 Å². The molecule has 2 heterocycles. The van der Waals surface area contributed by atoms with Crippen molar-refractivity contribution in [3.8, 4) is 11.5 Å². The fraction of sp³-hybridized carbons (Fsp3) is 0.452. The third-order valence-electron chi connectivity index (χ3n) is 7.30. The molecular formula is C31H38N4O3S. The molecule has 0 fully saturated rings. The first kappa shape index (κ1) is 27.3. The number of rotatable bonds is 7. The molecule has 0 saturated carbocycles. The Bertz CT molecular complexity index is 1420. The van der Waals surface area contributed by atoms with Gasteiger partial charge < -0.3 is 14.8 Å². The second-order valence-corrected chi connectivity index (χ2v) is 13.3. The number of thioether (sulfide) groups is 1. The van der Waals surface area contributed by atoms with E-state index in [9.17, 15) is 4.79 Å². The number of nitrogens with zero attached hydrogens (tertiary/aromatic N) is 3. The molecule has 8 heteroatoms. The molecule has 0 bridgehead atoms. The molecule has 2 aromatic carbocycles. The SMILES string of the molecule is CCSc1nc2n(n1)C(c1ccc(OCc3ccc(C(C)(C)C)cc3)c(OC)c1)C1=C(CC(C)(C)CC1=O)N2. The Labute approximate surface area is 235 Å². The number of Topliss-reactive ketones (excluding diaryl/α,β-unsaturated/α-hetero) is 1. The number of ketones is 1. The maximum Gasteiger partial charge on any atom is 0.227 e. The van der Waals surface area contributed by atoms with Gasteiger partial charge in [-0.3, -0.25) is 4.79 Å². The van der Waals surface area contributed by atoms with E-state index >= 15 is 0 Å². The number of carbonyl (C=O) groups excluding carboxylic acids is 1. The van der Waals surface area contributed by atoms with Gasteiger partial charge in [0.25, 0.3) is 0 Å². The van der Waals surface area contributed by atoms with Gasteiger partial charge in [-0.25, -0.2) is 4.68 Å². The van der Waals surface area contributed by atoms with Gasteiger partial charge in [-0.15, -0.1) is 5.10 Å². The normalized spacial score (nSPS) is 18.3. The number of benzene rings is 2. The van der Waals surface area contributed by atoms with Crippen LogP contribution in [0.25, 0.3) is 0 Å². The fourth-order valence-electron chi connectivity index (χ4n) is 5.32. The standard InChI is InChI=1S/C31H38N4O3S/c1-8-39-29-33-28-32-22-16-31(5,6)17-23(36)26(22)27(35(28)34-29)20-11-14-24(25(15-20)37-7)38-18-19-9-12-21(13-10-19)30(2,3)4/h9-15,27H,8,16-18H2,1-7H3,(H,32,33,34). The predicted molar refractivity (Wildman–Crippen MR) is 156 cm³/mol. The zero-order valence-corrected chi connectivity index (χ0v) is 24.7. The average Bonchev–Trinajstić information content (AvgIpc) is 3.27. The minimum absolute atomic E-state index is 0.109. The second kappa shape index (κ2) is 10.4. The topological polar surface area (TPSA) is 78.3 Å². The van der Waals surface area contributed by atoms with Crippen LogP contribution in [0.2, 0.25) is 0 Å². The fourth-order valence-corrected chi connectivity index (χ4v) is 5.88. The third kappa shape index (κ3) is 5.57. The lowest BCUT2D eigenvalue weighted by Crippen LogP contribution is -2.36. The first-order valence-electron chi connectivity index (χ1n) is 13.5. The van der Waals surface area contributed by atoms with E-state index in [0.717, 1.165) is 34.6 Å². The molecule has 3 aromatic rings. The summed E-state index contributed by atoms with van der Waals surface area (Å²) in [6.45, 7) is 13.4. The quantitative estimate of drug-likeness (QED) is 0.322. The van der Waals surface area contributed by atoms with Crippen LogP contribution in [-0.2, 0) is 16.8 Å². The average molecular weight is 547 g/mol. The van der Waals surface area contributed by atoms with Crippen LogP contribution in [0.4, 0.5) is 5.95 Å². The third-order valence-corrected chi connectivity index (χ3v) is 8.02. The minimum Gasteiger partial charge on any atom is -0.493 e. The van der Waals surface area contributed by atoms with Crippen molar-refractivity contribution in [3.63, 3.8) is 0 Å².